The Kier molecular flexibility index (Phi) is 7.04. The summed E-state index contributed by atoms with van der Waals surface area (Å²) >= 11 is 1.86. The molecule has 0 amide bonds. The molecule has 10 aromatic rings. The van der Waals surface area contributed by atoms with Crippen molar-refractivity contribution in [2.75, 3.05) is 4.90 Å². The second-order valence-electron chi connectivity index (χ2n) is 12.9. The SMILES string of the molecule is c1ccc(-c2cccc(-c3cccc4c3c3ccc(N(c5ccccc5)c5cccc6sc7ccccc7c56)cc3n4-c3ccccc3)c2)cc1. The van der Waals surface area contributed by atoms with Crippen LogP contribution in [0, 0.1) is 0 Å². The smallest absolute Gasteiger partial charge is 0.0562 e. The quantitative estimate of drug-likeness (QED) is 0.171. The van der Waals surface area contributed by atoms with E-state index in [1.807, 2.05) is 11.3 Å². The molecule has 0 fully saturated rings. The summed E-state index contributed by atoms with van der Waals surface area (Å²) in [5.41, 5.74) is 11.8. The van der Waals surface area contributed by atoms with Gasteiger partial charge in [-0.15, -0.1) is 11.3 Å². The maximum Gasteiger partial charge on any atom is 0.0562 e. The molecule has 0 N–H and O–H groups in total. The molecule has 2 heterocycles. The molecule has 0 atom stereocenters. The summed E-state index contributed by atoms with van der Waals surface area (Å²) in [7, 11) is 0. The minimum Gasteiger partial charge on any atom is -0.310 e. The molecule has 0 bridgehead atoms. The molecule has 0 unspecified atom stereocenters. The normalized spacial score (nSPS) is 11.5. The molecular formula is C48H32N2S. The number of hydrogen-bond acceptors (Lipinski definition) is 2. The lowest BCUT2D eigenvalue weighted by atomic mass is 9.96. The van der Waals surface area contributed by atoms with Crippen molar-refractivity contribution in [1.82, 2.24) is 4.57 Å². The van der Waals surface area contributed by atoms with Crippen molar-refractivity contribution in [1.29, 1.82) is 0 Å². The number of fused-ring (bicyclic) bond motifs is 6. The van der Waals surface area contributed by atoms with Gasteiger partial charge in [0.05, 0.1) is 16.7 Å². The van der Waals surface area contributed by atoms with Gasteiger partial charge in [0.25, 0.3) is 0 Å². The Hall–Kier alpha value is -6.42. The Bertz CT molecular complexity index is 2850. The Balaban J connectivity index is 1.25. The second-order valence-corrected chi connectivity index (χ2v) is 14.0. The number of aromatic nitrogens is 1. The molecule has 3 heteroatoms. The van der Waals surface area contributed by atoms with Gasteiger partial charge in [-0.3, -0.25) is 0 Å². The van der Waals surface area contributed by atoms with Crippen molar-refractivity contribution < 1.29 is 0 Å². The van der Waals surface area contributed by atoms with E-state index in [4.69, 9.17) is 0 Å². The van der Waals surface area contributed by atoms with Crippen molar-refractivity contribution >= 4 is 70.4 Å². The average molecular weight is 669 g/mol. The summed E-state index contributed by atoms with van der Waals surface area (Å²) in [6, 6.07) is 70.3. The molecule has 0 spiro atoms. The first-order valence-corrected chi connectivity index (χ1v) is 18.2. The van der Waals surface area contributed by atoms with Gasteiger partial charge in [0.2, 0.25) is 0 Å². The summed E-state index contributed by atoms with van der Waals surface area (Å²) in [6.07, 6.45) is 0. The molecule has 51 heavy (non-hydrogen) atoms. The van der Waals surface area contributed by atoms with Gasteiger partial charge >= 0.3 is 0 Å². The zero-order valence-corrected chi connectivity index (χ0v) is 28.6. The fourth-order valence-corrected chi connectivity index (χ4v) is 8.86. The summed E-state index contributed by atoms with van der Waals surface area (Å²) in [4.78, 5) is 2.43. The third-order valence-electron chi connectivity index (χ3n) is 9.96. The van der Waals surface area contributed by atoms with Crippen molar-refractivity contribution in [3.05, 3.63) is 194 Å². The second kappa shape index (κ2) is 12.2. The zero-order chi connectivity index (χ0) is 33.7. The van der Waals surface area contributed by atoms with E-state index in [1.165, 1.54) is 69.9 Å². The van der Waals surface area contributed by atoms with Crippen LogP contribution in [0.2, 0.25) is 0 Å². The monoisotopic (exact) mass is 668 g/mol. The van der Waals surface area contributed by atoms with Crippen LogP contribution in [0.5, 0.6) is 0 Å². The Labute approximate surface area is 300 Å². The van der Waals surface area contributed by atoms with E-state index >= 15 is 0 Å². The number of benzene rings is 8. The number of para-hydroxylation sites is 2. The van der Waals surface area contributed by atoms with Crippen LogP contribution in [0.15, 0.2) is 194 Å². The van der Waals surface area contributed by atoms with Crippen LogP contribution in [-0.4, -0.2) is 4.57 Å². The predicted octanol–water partition coefficient (Wildman–Crippen LogP) is 14.0. The molecule has 240 valence electrons. The van der Waals surface area contributed by atoms with E-state index in [0.29, 0.717) is 0 Å². The lowest BCUT2D eigenvalue weighted by molar-refractivity contribution is 1.18. The van der Waals surface area contributed by atoms with E-state index in [9.17, 15) is 0 Å². The summed E-state index contributed by atoms with van der Waals surface area (Å²) in [5, 5.41) is 5.05. The molecule has 0 saturated heterocycles. The number of anilines is 3. The molecule has 0 aliphatic heterocycles. The van der Waals surface area contributed by atoms with Crippen LogP contribution < -0.4 is 4.90 Å². The maximum atomic E-state index is 2.43. The van der Waals surface area contributed by atoms with Crippen LogP contribution in [-0.2, 0) is 0 Å². The van der Waals surface area contributed by atoms with Gasteiger partial charge in [-0.2, -0.15) is 0 Å². The lowest BCUT2D eigenvalue weighted by Crippen LogP contribution is -2.10. The van der Waals surface area contributed by atoms with Gasteiger partial charge in [0.15, 0.2) is 0 Å². The van der Waals surface area contributed by atoms with Crippen molar-refractivity contribution in [3.8, 4) is 27.9 Å². The summed E-state index contributed by atoms with van der Waals surface area (Å²) < 4.78 is 5.02. The first-order valence-electron chi connectivity index (χ1n) is 17.4. The fourth-order valence-electron chi connectivity index (χ4n) is 7.73. The minimum atomic E-state index is 1.11. The van der Waals surface area contributed by atoms with E-state index in [-0.39, 0.29) is 0 Å². The predicted molar refractivity (Wildman–Crippen MR) is 219 cm³/mol. The average Bonchev–Trinajstić information content (AvgIpc) is 3.75. The fraction of sp³-hybridized carbons (Fsp3) is 0. The standard InChI is InChI=1S/C48H32N2S/c1-4-15-33(16-5-1)34-17-12-18-35(31-34)39-24-13-25-42-47(39)40-30-29-38(32-44(40)50(42)37-21-8-3-9-22-37)49(36-19-6-2-7-20-36)43-26-14-28-46-48(43)41-23-10-11-27-45(41)51-46/h1-32H. The molecule has 2 aromatic heterocycles. The first-order chi connectivity index (χ1) is 25.3. The first kappa shape index (κ1) is 29.5. The molecule has 0 saturated carbocycles. The van der Waals surface area contributed by atoms with Crippen LogP contribution >= 0.6 is 11.3 Å². The van der Waals surface area contributed by atoms with E-state index in [2.05, 4.69) is 204 Å². The van der Waals surface area contributed by atoms with Crippen molar-refractivity contribution in [2.24, 2.45) is 0 Å². The van der Waals surface area contributed by atoms with Gasteiger partial charge < -0.3 is 9.47 Å². The minimum absolute atomic E-state index is 1.11. The number of nitrogens with zero attached hydrogens (tertiary/aromatic N) is 2. The van der Waals surface area contributed by atoms with Crippen molar-refractivity contribution in [2.45, 2.75) is 0 Å². The van der Waals surface area contributed by atoms with E-state index < -0.39 is 0 Å². The topological polar surface area (TPSA) is 8.17 Å². The Morgan fingerprint density at radius 1 is 0.392 bits per heavy atom. The third-order valence-corrected chi connectivity index (χ3v) is 11.1. The highest BCUT2D eigenvalue weighted by Gasteiger charge is 2.22. The number of rotatable bonds is 6. The van der Waals surface area contributed by atoms with Gasteiger partial charge in [-0.25, -0.2) is 0 Å². The Morgan fingerprint density at radius 3 is 1.90 bits per heavy atom. The highest BCUT2D eigenvalue weighted by molar-refractivity contribution is 7.26. The summed E-state index contributed by atoms with van der Waals surface area (Å²) in [6.45, 7) is 0. The highest BCUT2D eigenvalue weighted by atomic mass is 32.1. The third kappa shape index (κ3) is 4.93. The largest absolute Gasteiger partial charge is 0.310 e. The lowest BCUT2D eigenvalue weighted by Gasteiger charge is -2.26. The molecule has 2 nitrogen and oxygen atoms in total. The highest BCUT2D eigenvalue weighted by Crippen LogP contribution is 2.47. The summed E-state index contributed by atoms with van der Waals surface area (Å²) in [5.74, 6) is 0. The number of hydrogen-bond donors (Lipinski definition) is 0. The van der Waals surface area contributed by atoms with E-state index in [1.54, 1.807) is 0 Å². The van der Waals surface area contributed by atoms with Crippen LogP contribution in [0.25, 0.3) is 69.9 Å². The Morgan fingerprint density at radius 2 is 1.06 bits per heavy atom. The van der Waals surface area contributed by atoms with Gasteiger partial charge in [0.1, 0.15) is 0 Å². The number of thiophene rings is 1. The molecule has 0 aliphatic carbocycles. The maximum absolute atomic E-state index is 2.43. The van der Waals surface area contributed by atoms with Gasteiger partial charge in [0, 0.05) is 48.0 Å². The molecule has 8 aromatic carbocycles. The molecule has 10 rings (SSSR count). The van der Waals surface area contributed by atoms with Crippen molar-refractivity contribution in [3.63, 3.8) is 0 Å². The van der Waals surface area contributed by atoms with Gasteiger partial charge in [-0.1, -0.05) is 127 Å². The zero-order valence-electron chi connectivity index (χ0n) is 27.8. The molecule has 0 radical (unpaired) electrons. The van der Waals surface area contributed by atoms with Crippen LogP contribution in [0.4, 0.5) is 17.1 Å². The molecule has 0 aliphatic rings. The molecular weight excluding hydrogens is 637 g/mol. The van der Waals surface area contributed by atoms with Crippen LogP contribution in [0.1, 0.15) is 0 Å². The van der Waals surface area contributed by atoms with Crippen LogP contribution in [0.3, 0.4) is 0 Å². The van der Waals surface area contributed by atoms with Gasteiger partial charge in [-0.05, 0) is 89.0 Å². The van der Waals surface area contributed by atoms with E-state index in [0.717, 1.165) is 17.1 Å².